The molecule has 264 valence electrons. The summed E-state index contributed by atoms with van der Waals surface area (Å²) in [4.78, 5) is 34.1. The molecular formula is C36H54N6O6. The van der Waals surface area contributed by atoms with Gasteiger partial charge < -0.3 is 9.68 Å². The Hall–Kier alpha value is -3.84. The maximum Gasteiger partial charge on any atom is 0.441 e. The standard InChI is InChI=1S/2C18H27N3O3/c2*1-8-23-19-9-15(17-20-24-18(22)21(17)7)16-13(5)11(3)10(2)12(4)14(16)6/h2*15,19H,8-9H2,1-7H3. The summed E-state index contributed by atoms with van der Waals surface area (Å²) in [5.41, 5.74) is 20.8. The van der Waals surface area contributed by atoms with Gasteiger partial charge in [-0.05, 0) is 150 Å². The van der Waals surface area contributed by atoms with E-state index in [9.17, 15) is 9.59 Å². The normalized spacial score (nSPS) is 12.6. The van der Waals surface area contributed by atoms with Gasteiger partial charge in [-0.3, -0.25) is 18.2 Å². The number of nitrogens with one attached hydrogen (secondary N) is 2. The highest BCUT2D eigenvalue weighted by Gasteiger charge is 2.28. The first-order valence-corrected chi connectivity index (χ1v) is 16.5. The summed E-state index contributed by atoms with van der Waals surface area (Å²) in [7, 11) is 3.36. The summed E-state index contributed by atoms with van der Waals surface area (Å²) in [6.45, 7) is 27.3. The van der Waals surface area contributed by atoms with Crippen molar-refractivity contribution in [3.05, 3.63) is 99.5 Å². The fourth-order valence-corrected chi connectivity index (χ4v) is 6.44. The van der Waals surface area contributed by atoms with Crippen molar-refractivity contribution in [1.82, 2.24) is 30.4 Å². The van der Waals surface area contributed by atoms with Crippen molar-refractivity contribution in [3.8, 4) is 0 Å². The topological polar surface area (TPSA) is 139 Å². The van der Waals surface area contributed by atoms with Crippen LogP contribution >= 0.6 is 0 Å². The summed E-state index contributed by atoms with van der Waals surface area (Å²) in [5, 5.41) is 8.03. The molecule has 4 rings (SSSR count). The zero-order valence-corrected chi connectivity index (χ0v) is 31.2. The Bertz CT molecular complexity index is 1650. The molecule has 2 heterocycles. The lowest BCUT2D eigenvalue weighted by Crippen LogP contribution is -2.27. The number of hydrogen-bond acceptors (Lipinski definition) is 10. The quantitative estimate of drug-likeness (QED) is 0.154. The van der Waals surface area contributed by atoms with Crippen molar-refractivity contribution in [1.29, 1.82) is 0 Å². The fourth-order valence-electron chi connectivity index (χ4n) is 6.44. The maximum atomic E-state index is 11.7. The van der Waals surface area contributed by atoms with Crippen molar-refractivity contribution in [2.45, 2.75) is 94.9 Å². The highest BCUT2D eigenvalue weighted by Crippen LogP contribution is 2.35. The number of hydrogen-bond donors (Lipinski definition) is 2. The van der Waals surface area contributed by atoms with E-state index in [1.54, 1.807) is 14.1 Å². The minimum Gasteiger partial charge on any atom is -0.302 e. The molecule has 2 unspecified atom stereocenters. The van der Waals surface area contributed by atoms with Gasteiger partial charge in [0.05, 0.1) is 25.0 Å². The second-order valence-electron chi connectivity index (χ2n) is 12.5. The van der Waals surface area contributed by atoms with E-state index < -0.39 is 11.5 Å². The number of aromatic nitrogens is 4. The molecule has 2 aromatic carbocycles. The Morgan fingerprint density at radius 1 is 0.542 bits per heavy atom. The molecule has 0 bridgehead atoms. The van der Waals surface area contributed by atoms with Crippen LogP contribution in [0.2, 0.25) is 0 Å². The molecule has 0 spiro atoms. The lowest BCUT2D eigenvalue weighted by molar-refractivity contribution is 0.0484. The molecule has 0 fully saturated rings. The van der Waals surface area contributed by atoms with E-state index in [0.29, 0.717) is 38.0 Å². The van der Waals surface area contributed by atoms with Crippen molar-refractivity contribution in [3.63, 3.8) is 0 Å². The molecule has 12 nitrogen and oxygen atoms in total. The molecule has 0 aliphatic rings. The highest BCUT2D eigenvalue weighted by atomic mass is 16.6. The maximum absolute atomic E-state index is 11.7. The Morgan fingerprint density at radius 2 is 0.812 bits per heavy atom. The van der Waals surface area contributed by atoms with E-state index in [-0.39, 0.29) is 11.8 Å². The summed E-state index contributed by atoms with van der Waals surface area (Å²) >= 11 is 0. The van der Waals surface area contributed by atoms with E-state index >= 15 is 0 Å². The lowest BCUT2D eigenvalue weighted by atomic mass is 9.83. The summed E-state index contributed by atoms with van der Waals surface area (Å²) < 4.78 is 12.6. The molecule has 48 heavy (non-hydrogen) atoms. The predicted octanol–water partition coefficient (Wildman–Crippen LogP) is 5.18. The van der Waals surface area contributed by atoms with Crippen LogP contribution in [0, 0.1) is 69.2 Å². The zero-order valence-electron chi connectivity index (χ0n) is 31.2. The van der Waals surface area contributed by atoms with Crippen molar-refractivity contribution < 1.29 is 18.7 Å². The second kappa shape index (κ2) is 16.5. The number of rotatable bonds is 12. The van der Waals surface area contributed by atoms with Crippen LogP contribution in [0.5, 0.6) is 0 Å². The van der Waals surface area contributed by atoms with E-state index in [4.69, 9.17) is 18.7 Å². The van der Waals surface area contributed by atoms with Gasteiger partial charge >= 0.3 is 11.5 Å². The molecule has 2 atom stereocenters. The van der Waals surface area contributed by atoms with E-state index in [1.165, 1.54) is 75.9 Å². The van der Waals surface area contributed by atoms with Crippen molar-refractivity contribution in [2.75, 3.05) is 26.3 Å². The van der Waals surface area contributed by atoms with Crippen LogP contribution in [0.1, 0.15) is 104 Å². The van der Waals surface area contributed by atoms with Crippen LogP contribution < -0.4 is 22.5 Å². The smallest absolute Gasteiger partial charge is 0.302 e. The Balaban J connectivity index is 0.000000260. The third-order valence-corrected chi connectivity index (χ3v) is 10.2. The molecule has 2 N–H and O–H groups in total. The van der Waals surface area contributed by atoms with E-state index in [2.05, 4.69) is 90.5 Å². The Labute approximate surface area is 283 Å². The van der Waals surface area contributed by atoms with Crippen molar-refractivity contribution in [2.24, 2.45) is 14.1 Å². The SMILES string of the molecule is CCONCC(c1c(C)c(C)c(C)c(C)c1C)c1noc(=O)n1C.CCONCC(c1c(C)c(C)c(C)c(C)c1C)c1noc(=O)n1C. The molecule has 0 aliphatic carbocycles. The van der Waals surface area contributed by atoms with Gasteiger partial charge in [0.15, 0.2) is 11.6 Å². The molecule has 0 radical (unpaired) electrons. The van der Waals surface area contributed by atoms with Gasteiger partial charge in [0.1, 0.15) is 0 Å². The highest BCUT2D eigenvalue weighted by molar-refractivity contribution is 5.53. The van der Waals surface area contributed by atoms with Gasteiger partial charge in [0, 0.05) is 27.2 Å². The zero-order chi connectivity index (χ0) is 36.0. The van der Waals surface area contributed by atoms with Gasteiger partial charge in [-0.2, -0.15) is 0 Å². The van der Waals surface area contributed by atoms with E-state index in [0.717, 1.165) is 0 Å². The first-order chi connectivity index (χ1) is 22.6. The van der Waals surface area contributed by atoms with E-state index in [1.807, 2.05) is 13.8 Å². The summed E-state index contributed by atoms with van der Waals surface area (Å²) in [6.07, 6.45) is 0. The Morgan fingerprint density at radius 3 is 1.04 bits per heavy atom. The first kappa shape index (κ1) is 38.6. The van der Waals surface area contributed by atoms with Gasteiger partial charge in [0.2, 0.25) is 0 Å². The predicted molar refractivity (Wildman–Crippen MR) is 187 cm³/mol. The van der Waals surface area contributed by atoms with Crippen LogP contribution in [-0.4, -0.2) is 45.8 Å². The molecule has 0 amide bonds. The summed E-state index contributed by atoms with van der Waals surface area (Å²) in [6, 6.07) is 0. The minimum absolute atomic E-state index is 0.133. The molecule has 0 aliphatic heterocycles. The van der Waals surface area contributed by atoms with Crippen LogP contribution in [0.4, 0.5) is 0 Å². The second-order valence-corrected chi connectivity index (χ2v) is 12.5. The first-order valence-electron chi connectivity index (χ1n) is 16.5. The molecular weight excluding hydrogens is 612 g/mol. The van der Waals surface area contributed by atoms with Crippen LogP contribution in [-0.2, 0) is 23.8 Å². The third-order valence-electron chi connectivity index (χ3n) is 10.2. The average molecular weight is 667 g/mol. The molecule has 12 heteroatoms. The summed E-state index contributed by atoms with van der Waals surface area (Å²) in [5.74, 6) is 0.0173. The Kier molecular flexibility index (Phi) is 13.3. The number of benzene rings is 2. The van der Waals surface area contributed by atoms with Gasteiger partial charge in [-0.1, -0.05) is 10.3 Å². The van der Waals surface area contributed by atoms with Crippen molar-refractivity contribution >= 4 is 0 Å². The molecule has 4 aromatic rings. The number of hydroxylamine groups is 2. The monoisotopic (exact) mass is 666 g/mol. The van der Waals surface area contributed by atoms with Gasteiger partial charge in [0.25, 0.3) is 0 Å². The fraction of sp³-hybridized carbons (Fsp3) is 0.556. The van der Waals surface area contributed by atoms with Gasteiger partial charge in [-0.25, -0.2) is 20.5 Å². The van der Waals surface area contributed by atoms with Crippen LogP contribution in [0.15, 0.2) is 18.6 Å². The molecule has 2 aromatic heterocycles. The van der Waals surface area contributed by atoms with Crippen LogP contribution in [0.3, 0.4) is 0 Å². The lowest BCUT2D eigenvalue weighted by Gasteiger charge is -2.25. The minimum atomic E-state index is -0.456. The molecule has 0 saturated carbocycles. The van der Waals surface area contributed by atoms with Gasteiger partial charge in [-0.15, -0.1) is 0 Å². The number of nitrogens with zero attached hydrogens (tertiary/aromatic N) is 4. The third kappa shape index (κ3) is 7.72. The largest absolute Gasteiger partial charge is 0.441 e. The van der Waals surface area contributed by atoms with Crippen LogP contribution in [0.25, 0.3) is 0 Å². The average Bonchev–Trinajstić information content (AvgIpc) is 3.58. The molecule has 0 saturated heterocycles.